The number of benzene rings is 2. The van der Waals surface area contributed by atoms with Gasteiger partial charge in [0, 0.05) is 5.56 Å². The van der Waals surface area contributed by atoms with Gasteiger partial charge in [0.2, 0.25) is 6.79 Å². The van der Waals surface area contributed by atoms with E-state index >= 15 is 0 Å². The van der Waals surface area contributed by atoms with E-state index in [-0.39, 0.29) is 13.4 Å². The molecule has 0 aliphatic carbocycles. The SMILES string of the molecule is O=C(NOCc1ccccc1)c1cc(Cl)c2c(c1)OCO2. The maximum atomic E-state index is 12.0. The number of hydrogen-bond acceptors (Lipinski definition) is 4. The Morgan fingerprint density at radius 3 is 2.86 bits per heavy atom. The second kappa shape index (κ2) is 6.03. The average molecular weight is 306 g/mol. The quantitative estimate of drug-likeness (QED) is 0.882. The number of hydrogen-bond donors (Lipinski definition) is 1. The van der Waals surface area contributed by atoms with Crippen LogP contribution in [0.15, 0.2) is 42.5 Å². The van der Waals surface area contributed by atoms with Crippen LogP contribution in [0.25, 0.3) is 0 Å². The van der Waals surface area contributed by atoms with Gasteiger partial charge in [-0.2, -0.15) is 0 Å². The predicted octanol–water partition coefficient (Wildman–Crippen LogP) is 2.93. The Kier molecular flexibility index (Phi) is 3.94. The first kappa shape index (κ1) is 13.7. The van der Waals surface area contributed by atoms with Gasteiger partial charge in [-0.25, -0.2) is 5.48 Å². The Morgan fingerprint density at radius 1 is 1.24 bits per heavy atom. The lowest BCUT2D eigenvalue weighted by Gasteiger charge is -2.07. The molecule has 108 valence electrons. The summed E-state index contributed by atoms with van der Waals surface area (Å²) < 4.78 is 10.4. The van der Waals surface area contributed by atoms with Gasteiger partial charge < -0.3 is 9.47 Å². The van der Waals surface area contributed by atoms with Crippen molar-refractivity contribution in [3.05, 3.63) is 58.6 Å². The molecule has 0 bridgehead atoms. The molecule has 0 unspecified atom stereocenters. The molecule has 1 amide bonds. The standard InChI is InChI=1S/C15H12ClNO4/c16-12-6-11(7-13-14(12)20-9-19-13)15(18)17-21-8-10-4-2-1-3-5-10/h1-7H,8-9H2,(H,17,18). The highest BCUT2D eigenvalue weighted by atomic mass is 35.5. The van der Waals surface area contributed by atoms with Crippen molar-refractivity contribution in [1.29, 1.82) is 0 Å². The number of rotatable bonds is 4. The topological polar surface area (TPSA) is 56.8 Å². The summed E-state index contributed by atoms with van der Waals surface area (Å²) in [6.07, 6.45) is 0. The smallest absolute Gasteiger partial charge is 0.275 e. The molecular weight excluding hydrogens is 294 g/mol. The van der Waals surface area contributed by atoms with Crippen molar-refractivity contribution in [2.24, 2.45) is 0 Å². The van der Waals surface area contributed by atoms with E-state index in [2.05, 4.69) is 5.48 Å². The monoisotopic (exact) mass is 305 g/mol. The molecule has 1 aliphatic rings. The summed E-state index contributed by atoms with van der Waals surface area (Å²) in [7, 11) is 0. The second-order valence-electron chi connectivity index (χ2n) is 4.40. The molecule has 0 saturated heterocycles. The molecule has 0 aromatic heterocycles. The zero-order valence-electron chi connectivity index (χ0n) is 11.0. The molecular formula is C15H12ClNO4. The highest BCUT2D eigenvalue weighted by molar-refractivity contribution is 6.32. The summed E-state index contributed by atoms with van der Waals surface area (Å²) in [5.74, 6) is 0.514. The van der Waals surface area contributed by atoms with Crippen molar-refractivity contribution in [3.8, 4) is 11.5 Å². The van der Waals surface area contributed by atoms with Gasteiger partial charge in [-0.15, -0.1) is 0 Å². The number of halogens is 1. The van der Waals surface area contributed by atoms with Gasteiger partial charge in [0.1, 0.15) is 0 Å². The lowest BCUT2D eigenvalue weighted by molar-refractivity contribution is 0.0233. The normalized spacial score (nSPS) is 12.2. The number of carbonyl (C=O) groups is 1. The molecule has 1 N–H and O–H groups in total. The molecule has 21 heavy (non-hydrogen) atoms. The van der Waals surface area contributed by atoms with Crippen molar-refractivity contribution >= 4 is 17.5 Å². The Hall–Kier alpha value is -2.24. The van der Waals surface area contributed by atoms with Gasteiger partial charge in [-0.1, -0.05) is 41.9 Å². The second-order valence-corrected chi connectivity index (χ2v) is 4.80. The van der Waals surface area contributed by atoms with E-state index in [0.29, 0.717) is 22.1 Å². The third-order valence-electron chi connectivity index (χ3n) is 2.94. The fourth-order valence-corrected chi connectivity index (χ4v) is 2.18. The summed E-state index contributed by atoms with van der Waals surface area (Å²) in [4.78, 5) is 17.2. The van der Waals surface area contributed by atoms with E-state index in [1.54, 1.807) is 6.07 Å². The molecule has 1 heterocycles. The van der Waals surface area contributed by atoms with Gasteiger partial charge in [-0.05, 0) is 17.7 Å². The summed E-state index contributed by atoms with van der Waals surface area (Å²) in [5, 5.41) is 0.332. The zero-order chi connectivity index (χ0) is 14.7. The third-order valence-corrected chi connectivity index (χ3v) is 3.22. The molecule has 0 radical (unpaired) electrons. The van der Waals surface area contributed by atoms with Crippen LogP contribution in [0.4, 0.5) is 0 Å². The number of amides is 1. The van der Waals surface area contributed by atoms with Gasteiger partial charge in [0.25, 0.3) is 5.91 Å². The van der Waals surface area contributed by atoms with Gasteiger partial charge >= 0.3 is 0 Å². The van der Waals surface area contributed by atoms with Crippen molar-refractivity contribution in [2.45, 2.75) is 6.61 Å². The summed E-state index contributed by atoms with van der Waals surface area (Å²) in [6, 6.07) is 12.6. The Bertz CT molecular complexity index is 660. The fourth-order valence-electron chi connectivity index (χ4n) is 1.92. The zero-order valence-corrected chi connectivity index (χ0v) is 11.7. The van der Waals surface area contributed by atoms with Crippen molar-refractivity contribution < 1.29 is 19.1 Å². The molecule has 0 atom stereocenters. The Morgan fingerprint density at radius 2 is 2.05 bits per heavy atom. The van der Waals surface area contributed by atoms with Gasteiger partial charge in [-0.3, -0.25) is 9.63 Å². The minimum absolute atomic E-state index is 0.102. The van der Waals surface area contributed by atoms with Crippen LogP contribution in [0, 0.1) is 0 Å². The third kappa shape index (κ3) is 3.09. The van der Waals surface area contributed by atoms with Crippen molar-refractivity contribution in [2.75, 3.05) is 6.79 Å². The Labute approximate surface area is 126 Å². The fraction of sp³-hybridized carbons (Fsp3) is 0.133. The van der Waals surface area contributed by atoms with Crippen LogP contribution in [0.1, 0.15) is 15.9 Å². The van der Waals surface area contributed by atoms with Crippen molar-refractivity contribution in [1.82, 2.24) is 5.48 Å². The van der Waals surface area contributed by atoms with E-state index in [4.69, 9.17) is 25.9 Å². The average Bonchev–Trinajstić information content (AvgIpc) is 2.97. The van der Waals surface area contributed by atoms with Crippen LogP contribution in [0.2, 0.25) is 5.02 Å². The number of ether oxygens (including phenoxy) is 2. The molecule has 3 rings (SSSR count). The first-order valence-corrected chi connectivity index (χ1v) is 6.67. The van der Waals surface area contributed by atoms with Crippen LogP contribution in [0.5, 0.6) is 11.5 Å². The summed E-state index contributed by atoms with van der Waals surface area (Å²) >= 11 is 6.02. The molecule has 0 spiro atoms. The first-order valence-electron chi connectivity index (χ1n) is 6.29. The molecule has 2 aromatic carbocycles. The number of hydroxylamine groups is 1. The van der Waals surface area contributed by atoms with Crippen LogP contribution in [-0.4, -0.2) is 12.7 Å². The minimum Gasteiger partial charge on any atom is -0.454 e. The Balaban J connectivity index is 1.62. The first-order chi connectivity index (χ1) is 10.2. The molecule has 5 nitrogen and oxygen atoms in total. The summed E-state index contributed by atoms with van der Waals surface area (Å²) in [6.45, 7) is 0.384. The van der Waals surface area contributed by atoms with E-state index < -0.39 is 5.91 Å². The molecule has 6 heteroatoms. The van der Waals surface area contributed by atoms with E-state index in [9.17, 15) is 4.79 Å². The molecule has 1 aliphatic heterocycles. The number of fused-ring (bicyclic) bond motifs is 1. The molecule has 2 aromatic rings. The highest BCUT2D eigenvalue weighted by Gasteiger charge is 2.20. The van der Waals surface area contributed by atoms with Gasteiger partial charge in [0.15, 0.2) is 11.5 Å². The number of carbonyl (C=O) groups excluding carboxylic acids is 1. The lowest BCUT2D eigenvalue weighted by atomic mass is 10.2. The van der Waals surface area contributed by atoms with Gasteiger partial charge in [0.05, 0.1) is 11.6 Å². The minimum atomic E-state index is -0.397. The van der Waals surface area contributed by atoms with Crippen LogP contribution >= 0.6 is 11.6 Å². The predicted molar refractivity (Wildman–Crippen MR) is 76.3 cm³/mol. The largest absolute Gasteiger partial charge is 0.454 e. The van der Waals surface area contributed by atoms with E-state index in [1.807, 2.05) is 30.3 Å². The number of nitrogens with one attached hydrogen (secondary N) is 1. The van der Waals surface area contributed by atoms with Crippen LogP contribution < -0.4 is 15.0 Å². The molecule has 0 fully saturated rings. The maximum absolute atomic E-state index is 12.0. The molecule has 0 saturated carbocycles. The van der Waals surface area contributed by atoms with Crippen LogP contribution in [-0.2, 0) is 11.4 Å². The van der Waals surface area contributed by atoms with E-state index in [0.717, 1.165) is 5.56 Å². The van der Waals surface area contributed by atoms with Crippen molar-refractivity contribution in [3.63, 3.8) is 0 Å². The maximum Gasteiger partial charge on any atom is 0.275 e. The highest BCUT2D eigenvalue weighted by Crippen LogP contribution is 2.39. The summed E-state index contributed by atoms with van der Waals surface area (Å²) in [5.41, 5.74) is 3.68. The lowest BCUT2D eigenvalue weighted by Crippen LogP contribution is -2.23. The van der Waals surface area contributed by atoms with E-state index in [1.165, 1.54) is 6.07 Å². The van der Waals surface area contributed by atoms with Crippen LogP contribution in [0.3, 0.4) is 0 Å².